The molecule has 0 unspecified atom stereocenters. The van der Waals surface area contributed by atoms with E-state index in [1.807, 2.05) is 44.2 Å². The monoisotopic (exact) mass is 830 g/mol. The summed E-state index contributed by atoms with van der Waals surface area (Å²) in [6.45, 7) is 5.01. The third-order valence-electron chi connectivity index (χ3n) is 9.77. The van der Waals surface area contributed by atoms with Gasteiger partial charge in [0.05, 0.1) is 34.9 Å². The molecule has 304 valence electrons. The molecule has 13 heteroatoms. The fourth-order valence-electron chi connectivity index (χ4n) is 6.53. The molecular weight excluding hydrogens is 785 g/mol. The normalized spacial score (nSPS) is 11.8. The molecule has 0 fully saturated rings. The molecular formula is C46H46N4O7S2. The first kappa shape index (κ1) is 42.4. The van der Waals surface area contributed by atoms with Gasteiger partial charge in [0.25, 0.3) is 0 Å². The van der Waals surface area contributed by atoms with Crippen LogP contribution in [0.25, 0.3) is 12.2 Å². The molecule has 4 heterocycles. The Morgan fingerprint density at radius 2 is 1.03 bits per heavy atom. The van der Waals surface area contributed by atoms with Gasteiger partial charge in [-0.2, -0.15) is 0 Å². The number of aryl methyl sites for hydroxylation is 2. The van der Waals surface area contributed by atoms with Gasteiger partial charge in [-0.1, -0.05) is 63.1 Å². The van der Waals surface area contributed by atoms with Crippen molar-refractivity contribution in [3.63, 3.8) is 0 Å². The second kappa shape index (κ2) is 20.5. The number of rotatable bonds is 20. The largest absolute Gasteiger partial charge is 0.478 e. The van der Waals surface area contributed by atoms with E-state index < -0.39 is 23.9 Å². The minimum Gasteiger partial charge on any atom is -0.478 e. The van der Waals surface area contributed by atoms with Crippen LogP contribution in [0.15, 0.2) is 107 Å². The lowest BCUT2D eigenvalue weighted by Crippen LogP contribution is -2.19. The van der Waals surface area contributed by atoms with E-state index >= 15 is 0 Å². The number of hydrogen-bond donors (Lipinski definition) is 2. The lowest BCUT2D eigenvalue weighted by molar-refractivity contribution is -0.154. The summed E-state index contributed by atoms with van der Waals surface area (Å²) >= 11 is 2.99. The van der Waals surface area contributed by atoms with E-state index in [1.165, 1.54) is 22.7 Å². The van der Waals surface area contributed by atoms with Crippen LogP contribution >= 0.6 is 22.7 Å². The van der Waals surface area contributed by atoms with Gasteiger partial charge < -0.3 is 24.1 Å². The number of carbonyl (C=O) groups excluding carboxylic acids is 2. The van der Waals surface area contributed by atoms with Gasteiger partial charge >= 0.3 is 23.9 Å². The molecule has 6 rings (SSSR count). The highest BCUT2D eigenvalue weighted by molar-refractivity contribution is 7.10. The van der Waals surface area contributed by atoms with Crippen molar-refractivity contribution in [1.82, 2.24) is 19.1 Å². The molecule has 4 aromatic heterocycles. The maximum atomic E-state index is 14.2. The van der Waals surface area contributed by atoms with Gasteiger partial charge in [-0.25, -0.2) is 29.1 Å². The summed E-state index contributed by atoms with van der Waals surface area (Å²) in [5.41, 5.74) is 3.99. The van der Waals surface area contributed by atoms with Crippen molar-refractivity contribution >= 4 is 58.7 Å². The quantitative estimate of drug-likeness (QED) is 0.0435. The van der Waals surface area contributed by atoms with Crippen molar-refractivity contribution < 1.29 is 34.1 Å². The van der Waals surface area contributed by atoms with Crippen LogP contribution in [0.5, 0.6) is 0 Å². The van der Waals surface area contributed by atoms with Gasteiger partial charge in [-0.05, 0) is 83.3 Å². The van der Waals surface area contributed by atoms with Crippen LogP contribution in [-0.2, 0) is 53.1 Å². The van der Waals surface area contributed by atoms with E-state index in [9.17, 15) is 29.4 Å². The standard InChI is InChI=1S/C46H46N4O7S2/c1-3-5-11-41-47-27-37(49(41)29-31-13-17-33(18-14-31)43(51)52)23-35(25-39-9-7-21-58-39)45(55)57-46(56)36(26-40-10-8-22-59-40)24-38-28-48-42(12-6-4-2)50(38)30-32-15-19-34(20-16-32)44(53)54/h7-10,13-24,27-28H,3-6,11-12,25-26,29-30H2,1-2H3,(H,51,52)(H,53,54)/b35-23+,36-24+. The molecule has 59 heavy (non-hydrogen) atoms. The number of hydrogen-bond acceptors (Lipinski definition) is 9. The van der Waals surface area contributed by atoms with Gasteiger partial charge in [0.15, 0.2) is 0 Å². The fourth-order valence-corrected chi connectivity index (χ4v) is 7.99. The van der Waals surface area contributed by atoms with Crippen LogP contribution < -0.4 is 0 Å². The second-order valence-electron chi connectivity index (χ2n) is 14.1. The second-order valence-corrected chi connectivity index (χ2v) is 16.2. The van der Waals surface area contributed by atoms with Crippen molar-refractivity contribution in [1.29, 1.82) is 0 Å². The number of benzene rings is 2. The van der Waals surface area contributed by atoms with Gasteiger partial charge in [-0.3, -0.25) is 0 Å². The molecule has 0 amide bonds. The highest BCUT2D eigenvalue weighted by atomic mass is 32.1. The SMILES string of the molecule is CCCCc1ncc(/C=C(\Cc2cccs2)C(=O)OC(=O)/C(=C/c2cnc(CCCC)n2Cc2ccc(C(=O)O)cc2)Cc2cccs2)n1Cc1ccc(C(=O)O)cc1. The van der Waals surface area contributed by atoms with Crippen LogP contribution in [0.3, 0.4) is 0 Å². The lowest BCUT2D eigenvalue weighted by Gasteiger charge is -2.14. The Morgan fingerprint density at radius 1 is 0.627 bits per heavy atom. The Balaban J connectivity index is 1.34. The molecule has 0 spiro atoms. The van der Waals surface area contributed by atoms with Crippen LogP contribution in [-0.4, -0.2) is 53.2 Å². The zero-order valence-electron chi connectivity index (χ0n) is 33.0. The van der Waals surface area contributed by atoms with Crippen molar-refractivity contribution in [2.24, 2.45) is 0 Å². The van der Waals surface area contributed by atoms with Crippen molar-refractivity contribution in [3.8, 4) is 0 Å². The highest BCUT2D eigenvalue weighted by Gasteiger charge is 2.23. The van der Waals surface area contributed by atoms with Crippen molar-refractivity contribution in [2.75, 3.05) is 0 Å². The number of carboxylic acid groups (broad SMARTS) is 2. The summed E-state index contributed by atoms with van der Waals surface area (Å²) in [6, 6.07) is 21.0. The Morgan fingerprint density at radius 3 is 1.37 bits per heavy atom. The molecule has 0 atom stereocenters. The summed E-state index contributed by atoms with van der Waals surface area (Å²) in [6.07, 6.45) is 12.5. The van der Waals surface area contributed by atoms with Crippen LogP contribution in [0, 0.1) is 0 Å². The first-order valence-corrected chi connectivity index (χ1v) is 21.3. The molecule has 0 aliphatic heterocycles. The zero-order valence-corrected chi connectivity index (χ0v) is 34.6. The molecule has 6 aromatic rings. The third-order valence-corrected chi connectivity index (χ3v) is 11.5. The first-order valence-electron chi connectivity index (χ1n) is 19.6. The van der Waals surface area contributed by atoms with E-state index in [1.54, 1.807) is 73.1 Å². The number of unbranched alkanes of at least 4 members (excludes halogenated alkanes) is 2. The van der Waals surface area contributed by atoms with Gasteiger partial charge in [-0.15, -0.1) is 22.7 Å². The smallest absolute Gasteiger partial charge is 0.342 e. The van der Waals surface area contributed by atoms with Crippen LogP contribution in [0.1, 0.15) is 104 Å². The number of ether oxygens (including phenoxy) is 1. The molecule has 0 saturated carbocycles. The number of aromatic carboxylic acids is 2. The molecule has 2 aromatic carbocycles. The number of esters is 2. The number of nitrogens with zero attached hydrogens (tertiary/aromatic N) is 4. The highest BCUT2D eigenvalue weighted by Crippen LogP contribution is 2.24. The van der Waals surface area contributed by atoms with E-state index in [-0.39, 0.29) is 35.1 Å². The van der Waals surface area contributed by atoms with Gasteiger partial charge in [0.1, 0.15) is 11.6 Å². The Bertz CT molecular complexity index is 2250. The molecule has 11 nitrogen and oxygen atoms in total. The predicted molar refractivity (Wildman–Crippen MR) is 230 cm³/mol. The van der Waals surface area contributed by atoms with E-state index in [0.29, 0.717) is 37.3 Å². The maximum Gasteiger partial charge on any atom is 0.342 e. The van der Waals surface area contributed by atoms with Crippen LogP contribution in [0.2, 0.25) is 0 Å². The van der Waals surface area contributed by atoms with Gasteiger partial charge in [0, 0.05) is 59.7 Å². The third kappa shape index (κ3) is 11.5. The molecule has 0 aliphatic rings. The summed E-state index contributed by atoms with van der Waals surface area (Å²) in [5, 5.41) is 22.7. The minimum atomic E-state index is -1.00. The topological polar surface area (TPSA) is 154 Å². The first-order chi connectivity index (χ1) is 28.6. The lowest BCUT2D eigenvalue weighted by atomic mass is 10.1. The fraction of sp³-hybridized carbons (Fsp3) is 0.261. The van der Waals surface area contributed by atoms with E-state index in [2.05, 4.69) is 13.8 Å². The summed E-state index contributed by atoms with van der Waals surface area (Å²) in [4.78, 5) is 62.7. The average molecular weight is 831 g/mol. The summed E-state index contributed by atoms with van der Waals surface area (Å²) in [7, 11) is 0. The molecule has 0 radical (unpaired) electrons. The van der Waals surface area contributed by atoms with Crippen molar-refractivity contribution in [2.45, 2.75) is 78.3 Å². The summed E-state index contributed by atoms with van der Waals surface area (Å²) < 4.78 is 9.81. The number of aromatic nitrogens is 4. The molecule has 2 N–H and O–H groups in total. The number of thiophene rings is 2. The summed E-state index contributed by atoms with van der Waals surface area (Å²) in [5.74, 6) is -1.89. The predicted octanol–water partition coefficient (Wildman–Crippen LogP) is 9.40. The number of carboxylic acids is 2. The minimum absolute atomic E-state index is 0.192. The number of imidazole rings is 2. The Labute approximate surface area is 351 Å². The van der Waals surface area contributed by atoms with Crippen LogP contribution in [0.4, 0.5) is 0 Å². The van der Waals surface area contributed by atoms with Gasteiger partial charge in [0.2, 0.25) is 0 Å². The molecule has 0 saturated heterocycles. The Hall–Kier alpha value is -6.18. The zero-order chi connectivity index (χ0) is 41.7. The average Bonchev–Trinajstić information content (AvgIpc) is 4.07. The molecule has 0 aliphatic carbocycles. The molecule has 0 bridgehead atoms. The Kier molecular flexibility index (Phi) is 14.7. The maximum absolute atomic E-state index is 14.2. The van der Waals surface area contributed by atoms with Crippen molar-refractivity contribution in [3.05, 3.63) is 162 Å². The van der Waals surface area contributed by atoms with E-state index in [0.717, 1.165) is 58.2 Å². The number of carbonyl (C=O) groups is 4. The van der Waals surface area contributed by atoms with E-state index in [4.69, 9.17) is 14.7 Å².